The maximum Gasteiger partial charge on any atom is 0.347 e. The Bertz CT molecular complexity index is 966. The van der Waals surface area contributed by atoms with E-state index in [4.69, 9.17) is 23.2 Å². The van der Waals surface area contributed by atoms with Crippen molar-refractivity contribution in [3.05, 3.63) is 44.3 Å². The van der Waals surface area contributed by atoms with E-state index in [2.05, 4.69) is 10.1 Å². The Labute approximate surface area is 162 Å². The number of carbonyl (C=O) groups is 1. The maximum absolute atomic E-state index is 13.1. The van der Waals surface area contributed by atoms with E-state index < -0.39 is 36.7 Å². The van der Waals surface area contributed by atoms with Gasteiger partial charge in [-0.1, -0.05) is 23.2 Å². The molecule has 144 valence electrons. The molecule has 0 radical (unpaired) electrons. The van der Waals surface area contributed by atoms with Crippen LogP contribution in [-0.2, 0) is 17.8 Å². The summed E-state index contributed by atoms with van der Waals surface area (Å²) in [6, 6.07) is 0.711. The van der Waals surface area contributed by atoms with E-state index in [0.717, 1.165) is 4.90 Å². The van der Waals surface area contributed by atoms with Crippen molar-refractivity contribution in [2.45, 2.75) is 37.8 Å². The lowest BCUT2D eigenvalue weighted by Gasteiger charge is -2.41. The number of pyridine rings is 1. The molecule has 0 spiro atoms. The van der Waals surface area contributed by atoms with E-state index in [9.17, 15) is 18.4 Å². The minimum absolute atomic E-state index is 0.0253. The lowest BCUT2D eigenvalue weighted by Crippen LogP contribution is -2.60. The van der Waals surface area contributed by atoms with Gasteiger partial charge < -0.3 is 4.90 Å². The van der Waals surface area contributed by atoms with E-state index in [-0.39, 0.29) is 6.54 Å². The Morgan fingerprint density at radius 3 is 2.74 bits per heavy atom. The van der Waals surface area contributed by atoms with Gasteiger partial charge in [-0.15, -0.1) is 0 Å². The summed E-state index contributed by atoms with van der Waals surface area (Å²) < 4.78 is 28.7. The predicted molar refractivity (Wildman–Crippen MR) is 93.3 cm³/mol. The Hall–Kier alpha value is -2.00. The number of alkyl halides is 2. The molecule has 0 unspecified atom stereocenters. The minimum atomic E-state index is -2.85. The van der Waals surface area contributed by atoms with Crippen LogP contribution in [0.1, 0.15) is 30.4 Å². The van der Waals surface area contributed by atoms with Crippen LogP contribution in [0.4, 0.5) is 8.78 Å². The molecule has 2 aliphatic rings. The molecule has 0 N–H and O–H groups in total. The predicted octanol–water partition coefficient (Wildman–Crippen LogP) is 2.15. The number of aryl methyl sites for hydroxylation is 1. The molecule has 1 amide bonds. The molecule has 27 heavy (non-hydrogen) atoms. The van der Waals surface area contributed by atoms with Gasteiger partial charge in [0.1, 0.15) is 11.9 Å². The fourth-order valence-electron chi connectivity index (χ4n) is 3.45. The second-order valence-electron chi connectivity index (χ2n) is 6.77. The number of likely N-dealkylation sites (tertiary alicyclic amines) is 1. The average molecular weight is 418 g/mol. The summed E-state index contributed by atoms with van der Waals surface area (Å²) in [5.41, 5.74) is -0.0629. The van der Waals surface area contributed by atoms with Crippen LogP contribution in [0.2, 0.25) is 10.0 Å². The molecule has 2 aromatic heterocycles. The largest absolute Gasteiger partial charge is 0.347 e. The number of halogens is 4. The molecule has 0 aliphatic carbocycles. The van der Waals surface area contributed by atoms with E-state index in [1.807, 2.05) is 0 Å². The van der Waals surface area contributed by atoms with Crippen molar-refractivity contribution in [2.75, 3.05) is 13.1 Å². The topological polar surface area (TPSA) is 73.0 Å². The maximum atomic E-state index is 13.1. The highest BCUT2D eigenvalue weighted by Crippen LogP contribution is 2.31. The smallest absolute Gasteiger partial charge is 0.329 e. The first kappa shape index (κ1) is 18.4. The molecule has 1 atom stereocenters. The average Bonchev–Trinajstić information content (AvgIpc) is 2.90. The molecule has 2 aromatic rings. The van der Waals surface area contributed by atoms with Crippen molar-refractivity contribution in [3.63, 3.8) is 0 Å². The quantitative estimate of drug-likeness (QED) is 0.766. The standard InChI is InChI=1S/C16H15Cl2F2N5O2/c17-9-4-10(18)11(21-5-9)6-24-15(27)25-12(2-1-3-13(25)22-24)14(26)23-7-16(19,20)8-23/h4-5,12H,1-3,6-8H2/t12-/m0/s1. The van der Waals surface area contributed by atoms with Crippen molar-refractivity contribution >= 4 is 29.1 Å². The van der Waals surface area contributed by atoms with Gasteiger partial charge in [0.15, 0.2) is 0 Å². The Morgan fingerprint density at radius 1 is 1.33 bits per heavy atom. The number of aromatic nitrogens is 4. The highest BCUT2D eigenvalue weighted by molar-refractivity contribution is 6.34. The number of fused-ring (bicyclic) bond motifs is 1. The lowest BCUT2D eigenvalue weighted by molar-refractivity contribution is -0.169. The van der Waals surface area contributed by atoms with Gasteiger partial charge in [0.05, 0.1) is 35.4 Å². The van der Waals surface area contributed by atoms with Crippen LogP contribution in [0, 0.1) is 0 Å². The van der Waals surface area contributed by atoms with Gasteiger partial charge in [0, 0.05) is 12.6 Å². The monoisotopic (exact) mass is 417 g/mol. The van der Waals surface area contributed by atoms with Crippen molar-refractivity contribution in [3.8, 4) is 0 Å². The van der Waals surface area contributed by atoms with Crippen molar-refractivity contribution in [1.82, 2.24) is 24.2 Å². The summed E-state index contributed by atoms with van der Waals surface area (Å²) in [6.07, 6.45) is 3.01. The summed E-state index contributed by atoms with van der Waals surface area (Å²) in [7, 11) is 0. The molecule has 4 rings (SSSR count). The highest BCUT2D eigenvalue weighted by atomic mass is 35.5. The zero-order valence-corrected chi connectivity index (χ0v) is 15.6. The fourth-order valence-corrected chi connectivity index (χ4v) is 3.89. The molecule has 0 aromatic carbocycles. The van der Waals surface area contributed by atoms with Gasteiger partial charge in [-0.2, -0.15) is 5.10 Å². The first-order chi connectivity index (χ1) is 12.7. The third-order valence-electron chi connectivity index (χ3n) is 4.76. The number of nitrogens with zero attached hydrogens (tertiary/aromatic N) is 5. The van der Waals surface area contributed by atoms with Crippen LogP contribution in [0.3, 0.4) is 0 Å². The molecule has 2 aliphatic heterocycles. The van der Waals surface area contributed by atoms with Crippen LogP contribution in [0.25, 0.3) is 0 Å². The van der Waals surface area contributed by atoms with Gasteiger partial charge in [-0.05, 0) is 18.9 Å². The molecule has 0 saturated carbocycles. The number of carbonyl (C=O) groups excluding carboxylic acids is 1. The normalized spacial score (nSPS) is 20.9. The van der Waals surface area contributed by atoms with Crippen LogP contribution in [0.15, 0.2) is 17.1 Å². The second kappa shape index (κ2) is 6.56. The van der Waals surface area contributed by atoms with Crippen LogP contribution in [-0.4, -0.2) is 49.2 Å². The summed E-state index contributed by atoms with van der Waals surface area (Å²) in [4.78, 5) is 30.6. The fraction of sp³-hybridized carbons (Fsp3) is 0.500. The van der Waals surface area contributed by atoms with Gasteiger partial charge >= 0.3 is 5.69 Å². The van der Waals surface area contributed by atoms with Crippen LogP contribution >= 0.6 is 23.2 Å². The minimum Gasteiger partial charge on any atom is -0.329 e. The highest BCUT2D eigenvalue weighted by Gasteiger charge is 2.48. The summed E-state index contributed by atoms with van der Waals surface area (Å²) in [6.45, 7) is -1.19. The Balaban J connectivity index is 1.62. The zero-order valence-electron chi connectivity index (χ0n) is 14.0. The first-order valence-electron chi connectivity index (χ1n) is 8.40. The Morgan fingerprint density at radius 2 is 2.07 bits per heavy atom. The van der Waals surface area contributed by atoms with Gasteiger partial charge in [0.2, 0.25) is 5.91 Å². The molecule has 11 heteroatoms. The number of hydrogen-bond acceptors (Lipinski definition) is 4. The van der Waals surface area contributed by atoms with Gasteiger partial charge in [-0.3, -0.25) is 14.3 Å². The Kier molecular flexibility index (Phi) is 4.46. The van der Waals surface area contributed by atoms with Crippen molar-refractivity contribution in [2.24, 2.45) is 0 Å². The third kappa shape index (κ3) is 3.34. The lowest BCUT2D eigenvalue weighted by atomic mass is 10.0. The van der Waals surface area contributed by atoms with E-state index in [0.29, 0.717) is 40.8 Å². The van der Waals surface area contributed by atoms with Gasteiger partial charge in [-0.25, -0.2) is 18.3 Å². The van der Waals surface area contributed by atoms with Crippen LogP contribution < -0.4 is 5.69 Å². The molecule has 1 saturated heterocycles. The van der Waals surface area contributed by atoms with E-state index in [1.165, 1.54) is 21.5 Å². The van der Waals surface area contributed by atoms with E-state index >= 15 is 0 Å². The molecule has 1 fully saturated rings. The van der Waals surface area contributed by atoms with Gasteiger partial charge in [0.25, 0.3) is 5.92 Å². The molecule has 7 nitrogen and oxygen atoms in total. The molecular weight excluding hydrogens is 403 g/mol. The SMILES string of the molecule is O=C([C@@H]1CCCc2nn(Cc3ncc(Cl)cc3Cl)c(=O)n21)N1CC(F)(F)C1. The molecule has 4 heterocycles. The molecular formula is C16H15Cl2F2N5O2. The number of hydrogen-bond donors (Lipinski definition) is 0. The summed E-state index contributed by atoms with van der Waals surface area (Å²) >= 11 is 11.9. The van der Waals surface area contributed by atoms with Crippen molar-refractivity contribution < 1.29 is 13.6 Å². The zero-order chi connectivity index (χ0) is 19.3. The summed E-state index contributed by atoms with van der Waals surface area (Å²) in [5.74, 6) is -2.85. The number of amides is 1. The first-order valence-corrected chi connectivity index (χ1v) is 9.15. The number of rotatable bonds is 3. The van der Waals surface area contributed by atoms with Crippen LogP contribution in [0.5, 0.6) is 0 Å². The van der Waals surface area contributed by atoms with E-state index in [1.54, 1.807) is 0 Å². The molecule has 0 bridgehead atoms. The third-order valence-corrected chi connectivity index (χ3v) is 5.29. The summed E-state index contributed by atoms with van der Waals surface area (Å²) in [5, 5.41) is 4.96. The second-order valence-corrected chi connectivity index (χ2v) is 7.61. The van der Waals surface area contributed by atoms with Crippen molar-refractivity contribution in [1.29, 1.82) is 0 Å².